The Labute approximate surface area is 158 Å². The van der Waals surface area contributed by atoms with Crippen LogP contribution in [0.15, 0.2) is 42.5 Å². The lowest BCUT2D eigenvalue weighted by atomic mass is 10.1. The molecular formula is C20H24N2O5. The molecule has 2 aromatic carbocycles. The van der Waals surface area contributed by atoms with Gasteiger partial charge in [0.15, 0.2) is 11.5 Å². The molecule has 0 aliphatic carbocycles. The van der Waals surface area contributed by atoms with E-state index in [1.807, 2.05) is 30.3 Å². The highest BCUT2D eigenvalue weighted by atomic mass is 16.5. The van der Waals surface area contributed by atoms with Crippen molar-refractivity contribution in [1.82, 2.24) is 10.6 Å². The van der Waals surface area contributed by atoms with E-state index in [0.29, 0.717) is 30.2 Å². The number of amides is 2. The summed E-state index contributed by atoms with van der Waals surface area (Å²) in [6.45, 7) is 0.544. The Hall–Kier alpha value is -3.22. The number of carbonyl (C=O) groups is 2. The second kappa shape index (κ2) is 10.1. The fourth-order valence-electron chi connectivity index (χ4n) is 2.54. The Morgan fingerprint density at radius 3 is 2.19 bits per heavy atom. The number of ether oxygens (including phenoxy) is 3. The van der Waals surface area contributed by atoms with Gasteiger partial charge in [-0.15, -0.1) is 0 Å². The Balaban J connectivity index is 1.80. The van der Waals surface area contributed by atoms with Crippen molar-refractivity contribution in [2.24, 2.45) is 0 Å². The Morgan fingerprint density at radius 2 is 1.48 bits per heavy atom. The first kappa shape index (κ1) is 20.1. The number of para-hydroxylation sites is 1. The lowest BCUT2D eigenvalue weighted by Gasteiger charge is -2.11. The number of methoxy groups -OCH3 is 3. The van der Waals surface area contributed by atoms with Crippen LogP contribution in [0, 0.1) is 0 Å². The van der Waals surface area contributed by atoms with E-state index in [4.69, 9.17) is 14.2 Å². The van der Waals surface area contributed by atoms with Gasteiger partial charge in [0.1, 0.15) is 5.75 Å². The van der Waals surface area contributed by atoms with Crippen molar-refractivity contribution >= 4 is 11.8 Å². The molecule has 0 aliphatic heterocycles. The van der Waals surface area contributed by atoms with Crippen LogP contribution in [0.4, 0.5) is 0 Å². The van der Waals surface area contributed by atoms with Crippen molar-refractivity contribution in [3.63, 3.8) is 0 Å². The van der Waals surface area contributed by atoms with Gasteiger partial charge < -0.3 is 24.8 Å². The van der Waals surface area contributed by atoms with E-state index in [0.717, 1.165) is 11.1 Å². The third-order valence-electron chi connectivity index (χ3n) is 3.99. The molecule has 0 saturated carbocycles. The Bertz CT molecular complexity index is 792. The number of rotatable bonds is 8. The third-order valence-corrected chi connectivity index (χ3v) is 3.99. The van der Waals surface area contributed by atoms with Crippen LogP contribution in [-0.2, 0) is 22.6 Å². The van der Waals surface area contributed by atoms with Crippen molar-refractivity contribution < 1.29 is 23.8 Å². The highest BCUT2D eigenvalue weighted by molar-refractivity contribution is 6.35. The summed E-state index contributed by atoms with van der Waals surface area (Å²) >= 11 is 0. The summed E-state index contributed by atoms with van der Waals surface area (Å²) in [4.78, 5) is 23.9. The highest BCUT2D eigenvalue weighted by Crippen LogP contribution is 2.27. The monoisotopic (exact) mass is 372 g/mol. The summed E-state index contributed by atoms with van der Waals surface area (Å²) in [7, 11) is 4.69. The minimum absolute atomic E-state index is 0.214. The van der Waals surface area contributed by atoms with Gasteiger partial charge in [0, 0.05) is 18.7 Å². The van der Waals surface area contributed by atoms with Crippen molar-refractivity contribution in [3.8, 4) is 17.2 Å². The summed E-state index contributed by atoms with van der Waals surface area (Å²) in [5, 5.41) is 5.20. The van der Waals surface area contributed by atoms with Crippen LogP contribution < -0.4 is 24.8 Å². The van der Waals surface area contributed by atoms with E-state index in [-0.39, 0.29) is 6.54 Å². The molecule has 7 nitrogen and oxygen atoms in total. The van der Waals surface area contributed by atoms with Gasteiger partial charge in [-0.3, -0.25) is 9.59 Å². The zero-order chi connectivity index (χ0) is 19.6. The standard InChI is InChI=1S/C20H24N2O5/c1-25-16-7-5-4-6-15(16)13-22-20(24)19(23)21-11-10-14-8-9-17(26-2)18(12-14)27-3/h4-9,12H,10-11,13H2,1-3H3,(H,21,23)(H,22,24). The minimum atomic E-state index is -0.687. The topological polar surface area (TPSA) is 85.9 Å². The van der Waals surface area contributed by atoms with Gasteiger partial charge in [-0.2, -0.15) is 0 Å². The van der Waals surface area contributed by atoms with Gasteiger partial charge in [0.2, 0.25) is 0 Å². The summed E-state index contributed by atoms with van der Waals surface area (Å²) in [5.74, 6) is 0.558. The highest BCUT2D eigenvalue weighted by Gasteiger charge is 2.13. The first-order chi connectivity index (χ1) is 13.1. The second-order valence-electron chi connectivity index (χ2n) is 5.69. The molecule has 0 heterocycles. The number of hydrogen-bond donors (Lipinski definition) is 2. The van der Waals surface area contributed by atoms with Crippen LogP contribution in [0.5, 0.6) is 17.2 Å². The molecule has 2 rings (SSSR count). The van der Waals surface area contributed by atoms with Crippen molar-refractivity contribution in [2.75, 3.05) is 27.9 Å². The predicted octanol–water partition coefficient (Wildman–Crippen LogP) is 1.69. The molecule has 0 unspecified atom stereocenters. The Kier molecular flexibility index (Phi) is 7.49. The molecule has 0 fully saturated rings. The second-order valence-corrected chi connectivity index (χ2v) is 5.69. The van der Waals surface area contributed by atoms with Gasteiger partial charge in [0.25, 0.3) is 0 Å². The molecular weight excluding hydrogens is 348 g/mol. The molecule has 0 aliphatic rings. The molecule has 2 aromatic rings. The molecule has 0 radical (unpaired) electrons. The number of carbonyl (C=O) groups excluding carboxylic acids is 2. The summed E-state index contributed by atoms with van der Waals surface area (Å²) in [6, 6.07) is 12.8. The van der Waals surface area contributed by atoms with Crippen LogP contribution in [-0.4, -0.2) is 39.7 Å². The van der Waals surface area contributed by atoms with Gasteiger partial charge in [0.05, 0.1) is 21.3 Å². The van der Waals surface area contributed by atoms with Gasteiger partial charge in [-0.25, -0.2) is 0 Å². The zero-order valence-corrected chi connectivity index (χ0v) is 15.7. The molecule has 0 atom stereocenters. The van der Waals surface area contributed by atoms with Crippen LogP contribution in [0.2, 0.25) is 0 Å². The van der Waals surface area contributed by atoms with Gasteiger partial charge in [-0.05, 0) is 30.2 Å². The quantitative estimate of drug-likeness (QED) is 0.689. The number of nitrogens with one attached hydrogen (secondary N) is 2. The minimum Gasteiger partial charge on any atom is -0.496 e. The largest absolute Gasteiger partial charge is 0.496 e. The molecule has 27 heavy (non-hydrogen) atoms. The summed E-state index contributed by atoms with van der Waals surface area (Å²) < 4.78 is 15.7. The summed E-state index contributed by atoms with van der Waals surface area (Å²) in [6.07, 6.45) is 0.561. The van der Waals surface area contributed by atoms with Crippen LogP contribution in [0.1, 0.15) is 11.1 Å². The molecule has 7 heteroatoms. The maximum absolute atomic E-state index is 11.9. The average Bonchev–Trinajstić information content (AvgIpc) is 2.71. The van der Waals surface area contributed by atoms with Gasteiger partial charge in [-0.1, -0.05) is 24.3 Å². The SMILES string of the molecule is COc1ccccc1CNC(=O)C(=O)NCCc1ccc(OC)c(OC)c1. The van der Waals surface area contributed by atoms with Gasteiger partial charge >= 0.3 is 11.8 Å². The first-order valence-corrected chi connectivity index (χ1v) is 8.47. The molecule has 2 amide bonds. The summed E-state index contributed by atoms with van der Waals surface area (Å²) in [5.41, 5.74) is 1.76. The molecule has 0 aromatic heterocycles. The molecule has 0 saturated heterocycles. The first-order valence-electron chi connectivity index (χ1n) is 8.47. The van der Waals surface area contributed by atoms with Crippen molar-refractivity contribution in [1.29, 1.82) is 0 Å². The van der Waals surface area contributed by atoms with E-state index < -0.39 is 11.8 Å². The van der Waals surface area contributed by atoms with Crippen molar-refractivity contribution in [3.05, 3.63) is 53.6 Å². The Morgan fingerprint density at radius 1 is 0.815 bits per heavy atom. The van der Waals surface area contributed by atoms with E-state index in [1.165, 1.54) is 0 Å². The smallest absolute Gasteiger partial charge is 0.309 e. The zero-order valence-electron chi connectivity index (χ0n) is 15.7. The lowest BCUT2D eigenvalue weighted by molar-refractivity contribution is -0.139. The molecule has 144 valence electrons. The van der Waals surface area contributed by atoms with Crippen LogP contribution >= 0.6 is 0 Å². The molecule has 0 bridgehead atoms. The van der Waals surface area contributed by atoms with Crippen LogP contribution in [0.3, 0.4) is 0 Å². The molecule has 2 N–H and O–H groups in total. The van der Waals surface area contributed by atoms with E-state index in [9.17, 15) is 9.59 Å². The average molecular weight is 372 g/mol. The van der Waals surface area contributed by atoms with E-state index >= 15 is 0 Å². The fourth-order valence-corrected chi connectivity index (χ4v) is 2.54. The normalized spacial score (nSPS) is 10.0. The lowest BCUT2D eigenvalue weighted by Crippen LogP contribution is -2.40. The molecule has 0 spiro atoms. The maximum atomic E-state index is 11.9. The van der Waals surface area contributed by atoms with E-state index in [2.05, 4.69) is 10.6 Å². The number of benzene rings is 2. The fraction of sp³-hybridized carbons (Fsp3) is 0.300. The van der Waals surface area contributed by atoms with E-state index in [1.54, 1.807) is 33.5 Å². The van der Waals surface area contributed by atoms with Crippen LogP contribution in [0.25, 0.3) is 0 Å². The third kappa shape index (κ3) is 5.64. The van der Waals surface area contributed by atoms with Crippen molar-refractivity contribution in [2.45, 2.75) is 13.0 Å². The maximum Gasteiger partial charge on any atom is 0.309 e. The number of hydrogen-bond acceptors (Lipinski definition) is 5. The predicted molar refractivity (Wildman–Crippen MR) is 101 cm³/mol.